The number of carbonyl (C=O) groups excluding carboxylic acids is 1. The van der Waals surface area contributed by atoms with Crippen LogP contribution in [0.5, 0.6) is 5.75 Å². The lowest BCUT2D eigenvalue weighted by Gasteiger charge is -2.17. The van der Waals surface area contributed by atoms with Gasteiger partial charge in [-0.05, 0) is 12.1 Å². The maximum Gasteiger partial charge on any atom is 0.352 e. The fourth-order valence-electron chi connectivity index (χ4n) is 1.13. The first-order valence-corrected chi connectivity index (χ1v) is 7.86. The van der Waals surface area contributed by atoms with Gasteiger partial charge < -0.3 is 24.3 Å². The molecule has 0 spiro atoms. The third kappa shape index (κ3) is 4.03. The van der Waals surface area contributed by atoms with E-state index in [0.29, 0.717) is 0 Å². The zero-order valence-electron chi connectivity index (χ0n) is 8.78. The van der Waals surface area contributed by atoms with Crippen LogP contribution in [0.25, 0.3) is 0 Å². The zero-order chi connectivity index (χ0) is 14.0. The van der Waals surface area contributed by atoms with Gasteiger partial charge in [0, 0.05) is 0 Å². The maximum atomic E-state index is 11.4. The Labute approximate surface area is 102 Å². The number of hydrogen-bond acceptors (Lipinski definition) is 4. The quantitative estimate of drug-likeness (QED) is 0.352. The van der Waals surface area contributed by atoms with Gasteiger partial charge >= 0.3 is 21.2 Å². The van der Waals surface area contributed by atoms with Gasteiger partial charge in [-0.1, -0.05) is 18.2 Å². The summed E-state index contributed by atoms with van der Waals surface area (Å²) in [6.45, 7) is 0. The largest absolute Gasteiger partial charge is 0.425 e. The van der Waals surface area contributed by atoms with Crippen LogP contribution >= 0.6 is 15.2 Å². The minimum atomic E-state index is -5.33. The molecule has 100 valence electrons. The van der Waals surface area contributed by atoms with Crippen LogP contribution in [0, 0.1) is 0 Å². The first-order valence-electron chi connectivity index (χ1n) is 4.49. The van der Waals surface area contributed by atoms with Crippen molar-refractivity contribution >= 4 is 21.2 Å². The molecule has 0 aromatic heterocycles. The third-order valence-corrected chi connectivity index (χ3v) is 5.31. The SMILES string of the molecule is O=C(Oc1ccccc1)C(P(=O)(O)O)P(=O)(O)O. The number of rotatable bonds is 4. The molecule has 4 N–H and O–H groups in total. The molecule has 10 heteroatoms. The topological polar surface area (TPSA) is 141 Å². The lowest BCUT2D eigenvalue weighted by Crippen LogP contribution is -2.26. The predicted molar refractivity (Wildman–Crippen MR) is 60.0 cm³/mol. The molecule has 18 heavy (non-hydrogen) atoms. The molecular formula is C8H10O8P2. The number of carbonyl (C=O) groups is 1. The van der Waals surface area contributed by atoms with Gasteiger partial charge in [0.25, 0.3) is 5.40 Å². The Morgan fingerprint density at radius 2 is 1.44 bits per heavy atom. The molecular weight excluding hydrogens is 286 g/mol. The van der Waals surface area contributed by atoms with E-state index in [0.717, 1.165) is 0 Å². The van der Waals surface area contributed by atoms with Crippen LogP contribution in [0.2, 0.25) is 0 Å². The Kier molecular flexibility index (Phi) is 4.45. The van der Waals surface area contributed by atoms with Crippen LogP contribution in [-0.4, -0.2) is 30.9 Å². The van der Waals surface area contributed by atoms with Gasteiger partial charge in [-0.2, -0.15) is 0 Å². The molecule has 0 amide bonds. The summed E-state index contributed by atoms with van der Waals surface area (Å²) in [6.07, 6.45) is 0. The molecule has 0 radical (unpaired) electrons. The second-order valence-corrected chi connectivity index (χ2v) is 7.08. The molecule has 0 aliphatic heterocycles. The lowest BCUT2D eigenvalue weighted by molar-refractivity contribution is -0.132. The summed E-state index contributed by atoms with van der Waals surface area (Å²) in [5.41, 5.74) is 0. The van der Waals surface area contributed by atoms with E-state index in [2.05, 4.69) is 4.74 Å². The molecule has 1 rings (SSSR count). The molecule has 0 atom stereocenters. The Morgan fingerprint density at radius 3 is 1.83 bits per heavy atom. The molecule has 0 bridgehead atoms. The van der Waals surface area contributed by atoms with Gasteiger partial charge in [0.15, 0.2) is 0 Å². The second kappa shape index (κ2) is 5.32. The second-order valence-electron chi connectivity index (χ2n) is 3.29. The van der Waals surface area contributed by atoms with Crippen LogP contribution in [0.1, 0.15) is 0 Å². The number of esters is 1. The first kappa shape index (κ1) is 15.0. The zero-order valence-corrected chi connectivity index (χ0v) is 10.6. The summed E-state index contributed by atoms with van der Waals surface area (Å²) >= 11 is 0. The molecule has 0 unspecified atom stereocenters. The molecule has 0 fully saturated rings. The Bertz CT molecular complexity index is 493. The highest BCUT2D eigenvalue weighted by Gasteiger charge is 2.50. The van der Waals surface area contributed by atoms with Crippen LogP contribution in [0.3, 0.4) is 0 Å². The molecule has 1 aromatic carbocycles. The van der Waals surface area contributed by atoms with Gasteiger partial charge in [-0.15, -0.1) is 0 Å². The number of para-hydroxylation sites is 1. The number of hydrogen-bond donors (Lipinski definition) is 4. The van der Waals surface area contributed by atoms with Gasteiger partial charge in [0.2, 0.25) is 0 Å². The Balaban J connectivity index is 2.99. The number of benzene rings is 1. The highest BCUT2D eigenvalue weighted by molar-refractivity contribution is 7.72. The van der Waals surface area contributed by atoms with Crippen molar-refractivity contribution in [3.8, 4) is 5.75 Å². The normalized spacial score (nSPS) is 12.5. The van der Waals surface area contributed by atoms with E-state index in [1.165, 1.54) is 24.3 Å². The van der Waals surface area contributed by atoms with Gasteiger partial charge in [0.1, 0.15) is 5.75 Å². The van der Waals surface area contributed by atoms with Crippen molar-refractivity contribution in [2.75, 3.05) is 0 Å². The summed E-state index contributed by atoms with van der Waals surface area (Å²) in [7, 11) is -10.7. The fourth-order valence-corrected chi connectivity index (χ4v) is 3.35. The minimum Gasteiger partial charge on any atom is -0.425 e. The van der Waals surface area contributed by atoms with Crippen LogP contribution < -0.4 is 4.74 Å². The minimum absolute atomic E-state index is 0.0746. The van der Waals surface area contributed by atoms with E-state index < -0.39 is 26.6 Å². The van der Waals surface area contributed by atoms with E-state index in [4.69, 9.17) is 19.6 Å². The van der Waals surface area contributed by atoms with Gasteiger partial charge in [-0.3, -0.25) is 9.13 Å². The standard InChI is InChI=1S/C8H10O8P2/c9-7(16-6-4-2-1-3-5-6)8(17(10,11)12)18(13,14)15/h1-5,8H,(H2,10,11,12)(H2,13,14,15). The highest BCUT2D eigenvalue weighted by Crippen LogP contribution is 2.60. The average molecular weight is 296 g/mol. The summed E-state index contributed by atoms with van der Waals surface area (Å²) < 4.78 is 26.3. The highest BCUT2D eigenvalue weighted by atomic mass is 31.2. The molecule has 0 heterocycles. The Hall–Kier alpha value is -1.01. The van der Waals surface area contributed by atoms with Crippen LogP contribution in [0.15, 0.2) is 30.3 Å². The lowest BCUT2D eigenvalue weighted by atomic mass is 10.3. The first-order chi connectivity index (χ1) is 8.12. The molecule has 0 saturated heterocycles. The van der Waals surface area contributed by atoms with Gasteiger partial charge in [0.05, 0.1) is 0 Å². The van der Waals surface area contributed by atoms with Crippen LogP contribution in [0.4, 0.5) is 0 Å². The van der Waals surface area contributed by atoms with Crippen molar-refractivity contribution in [1.29, 1.82) is 0 Å². The van der Waals surface area contributed by atoms with E-state index in [1.54, 1.807) is 6.07 Å². The third-order valence-electron chi connectivity index (χ3n) is 1.81. The fraction of sp³-hybridized carbons (Fsp3) is 0.125. The van der Waals surface area contributed by atoms with Crippen molar-refractivity contribution in [1.82, 2.24) is 0 Å². The van der Waals surface area contributed by atoms with E-state index >= 15 is 0 Å². The number of ether oxygens (including phenoxy) is 1. The van der Waals surface area contributed by atoms with E-state index in [-0.39, 0.29) is 5.75 Å². The van der Waals surface area contributed by atoms with Crippen molar-refractivity contribution in [2.45, 2.75) is 5.40 Å². The molecule has 0 aliphatic rings. The summed E-state index contributed by atoms with van der Waals surface area (Å²) in [4.78, 5) is 46.5. The summed E-state index contributed by atoms with van der Waals surface area (Å²) in [5.74, 6) is -1.75. The molecule has 0 saturated carbocycles. The average Bonchev–Trinajstić information content (AvgIpc) is 2.13. The monoisotopic (exact) mass is 296 g/mol. The molecule has 0 aliphatic carbocycles. The molecule has 1 aromatic rings. The maximum absolute atomic E-state index is 11.4. The van der Waals surface area contributed by atoms with Crippen molar-refractivity contribution in [2.24, 2.45) is 0 Å². The van der Waals surface area contributed by atoms with Crippen molar-refractivity contribution in [3.05, 3.63) is 30.3 Å². The summed E-state index contributed by atoms with van der Waals surface area (Å²) in [5, 5.41) is -2.81. The van der Waals surface area contributed by atoms with Crippen molar-refractivity contribution in [3.63, 3.8) is 0 Å². The van der Waals surface area contributed by atoms with Crippen molar-refractivity contribution < 1.29 is 38.2 Å². The molecule has 8 nitrogen and oxygen atoms in total. The van der Waals surface area contributed by atoms with Crippen LogP contribution in [-0.2, 0) is 13.9 Å². The van der Waals surface area contributed by atoms with Gasteiger partial charge in [-0.25, -0.2) is 4.79 Å². The smallest absolute Gasteiger partial charge is 0.352 e. The van der Waals surface area contributed by atoms with E-state index in [1.807, 2.05) is 0 Å². The predicted octanol–water partition coefficient (Wildman–Crippen LogP) is 0.273. The summed E-state index contributed by atoms with van der Waals surface area (Å²) in [6, 6.07) is 7.16. The Morgan fingerprint density at radius 1 is 1.00 bits per heavy atom. The van der Waals surface area contributed by atoms with E-state index in [9.17, 15) is 13.9 Å².